The minimum Gasteiger partial charge on any atom is -0.494 e. The van der Waals surface area contributed by atoms with Gasteiger partial charge in [0.1, 0.15) is 11.9 Å². The molecule has 0 amide bonds. The second-order valence-corrected chi connectivity index (χ2v) is 25.5. The lowest BCUT2D eigenvalue weighted by Gasteiger charge is -2.61. The van der Waals surface area contributed by atoms with Crippen LogP contribution in [0.15, 0.2) is 24.3 Å². The number of hydrogen-bond acceptors (Lipinski definition) is 4. The molecule has 4 aliphatic rings. The first-order chi connectivity index (χ1) is 22.2. The van der Waals surface area contributed by atoms with E-state index in [1.165, 1.54) is 64.2 Å². The van der Waals surface area contributed by atoms with Crippen molar-refractivity contribution in [2.75, 3.05) is 6.61 Å². The third kappa shape index (κ3) is 8.61. The predicted molar refractivity (Wildman–Crippen MR) is 201 cm³/mol. The summed E-state index contributed by atoms with van der Waals surface area (Å²) in [6.07, 6.45) is 17.1. The molecule has 0 heterocycles. The van der Waals surface area contributed by atoms with E-state index in [4.69, 9.17) is 13.6 Å². The Kier molecular flexibility index (Phi) is 12.2. The van der Waals surface area contributed by atoms with Gasteiger partial charge in [-0.1, -0.05) is 53.9 Å². The number of fused-ring (bicyclic) bond motifs is 5. The third-order valence-electron chi connectivity index (χ3n) is 13.9. The van der Waals surface area contributed by atoms with Crippen molar-refractivity contribution in [1.29, 1.82) is 0 Å². The average Bonchev–Trinajstić information content (AvgIpc) is 3.36. The van der Waals surface area contributed by atoms with Crippen molar-refractivity contribution in [1.82, 2.24) is 0 Å². The van der Waals surface area contributed by atoms with E-state index >= 15 is 0 Å². The van der Waals surface area contributed by atoms with E-state index in [2.05, 4.69) is 60.8 Å². The Balaban J connectivity index is 1.10. The Labute approximate surface area is 291 Å². The third-order valence-corrected chi connectivity index (χ3v) is 19.9. The van der Waals surface area contributed by atoms with E-state index < -0.39 is 17.4 Å². The van der Waals surface area contributed by atoms with Crippen molar-refractivity contribution in [3.63, 3.8) is 0 Å². The molecule has 0 radical (unpaired) electrons. The summed E-state index contributed by atoms with van der Waals surface area (Å²) in [5.41, 5.74) is 1.60. The van der Waals surface area contributed by atoms with Gasteiger partial charge in [-0.15, -0.1) is 0 Å². The molecule has 47 heavy (non-hydrogen) atoms. The van der Waals surface area contributed by atoms with Gasteiger partial charge in [0.05, 0.1) is 12.2 Å². The lowest BCUT2D eigenvalue weighted by Crippen LogP contribution is -2.54. The van der Waals surface area contributed by atoms with Gasteiger partial charge in [0.2, 0.25) is 0 Å². The van der Waals surface area contributed by atoms with E-state index in [0.717, 1.165) is 66.6 Å². The largest absolute Gasteiger partial charge is 0.494 e. The van der Waals surface area contributed by atoms with Crippen LogP contribution in [-0.4, -0.2) is 36.0 Å². The van der Waals surface area contributed by atoms with Crippen LogP contribution < -0.4 is 4.74 Å². The number of carbonyl (C=O) groups is 1. The normalized spacial score (nSPS) is 34.4. The standard InChI is InChI=1S/C41H70O4Si2/c1-29(2)12-10-13-30(3)36-20-21-37-35-19-16-32-28-34(22-24-40(32,4)38(35)23-25-41(36,37)5)44-39(42)31-14-17-33(18-15-31)43-26-11-27-47(8,9)45-46(6)7/h14-15,17-18,29-30,32,34-38,46H,10-13,16,19-28H2,1-9H3/t30-,32?,34?,35?,36-,37?,38?,40+,41-/m1/s1. The second kappa shape index (κ2) is 15.4. The molecule has 0 saturated heterocycles. The van der Waals surface area contributed by atoms with Gasteiger partial charge in [-0.3, -0.25) is 0 Å². The van der Waals surface area contributed by atoms with Crippen LogP contribution in [0.1, 0.15) is 128 Å². The fourth-order valence-electron chi connectivity index (χ4n) is 11.6. The summed E-state index contributed by atoms with van der Waals surface area (Å²) in [6, 6.07) is 8.71. The number of carbonyl (C=O) groups excluding carboxylic acids is 1. The van der Waals surface area contributed by atoms with Crippen molar-refractivity contribution in [2.24, 2.45) is 52.3 Å². The number of ether oxygens (including phenoxy) is 2. The maximum Gasteiger partial charge on any atom is 0.338 e. The van der Waals surface area contributed by atoms with E-state index in [0.29, 0.717) is 28.9 Å². The molecule has 0 spiro atoms. The first-order valence-electron chi connectivity index (χ1n) is 19.8. The molecule has 4 nitrogen and oxygen atoms in total. The molecule has 0 bridgehead atoms. The number of benzene rings is 1. The molecule has 0 N–H and O–H groups in total. The highest BCUT2D eigenvalue weighted by Gasteiger charge is 2.60. The van der Waals surface area contributed by atoms with Gasteiger partial charge in [-0.25, -0.2) is 4.79 Å². The summed E-state index contributed by atoms with van der Waals surface area (Å²) in [6.45, 7) is 22.5. The molecule has 0 aliphatic heterocycles. The highest BCUT2D eigenvalue weighted by molar-refractivity contribution is 6.77. The summed E-state index contributed by atoms with van der Waals surface area (Å²) in [4.78, 5) is 13.2. The Morgan fingerprint density at radius 1 is 0.894 bits per heavy atom. The lowest BCUT2D eigenvalue weighted by molar-refractivity contribution is -0.130. The van der Waals surface area contributed by atoms with Gasteiger partial charge in [-0.2, -0.15) is 0 Å². The Morgan fingerprint density at radius 3 is 2.30 bits per heavy atom. The van der Waals surface area contributed by atoms with Crippen LogP contribution in [0.4, 0.5) is 0 Å². The van der Waals surface area contributed by atoms with Gasteiger partial charge in [0, 0.05) is 0 Å². The van der Waals surface area contributed by atoms with E-state index in [1.807, 2.05) is 24.3 Å². The van der Waals surface area contributed by atoms with Crippen LogP contribution in [-0.2, 0) is 8.85 Å². The molecule has 1 aromatic carbocycles. The smallest absolute Gasteiger partial charge is 0.338 e. The topological polar surface area (TPSA) is 44.8 Å². The van der Waals surface area contributed by atoms with Gasteiger partial charge in [-0.05, 0) is 173 Å². The van der Waals surface area contributed by atoms with E-state index in [1.54, 1.807) is 0 Å². The van der Waals surface area contributed by atoms with E-state index in [-0.39, 0.29) is 12.1 Å². The van der Waals surface area contributed by atoms with Crippen LogP contribution in [0.25, 0.3) is 0 Å². The molecule has 1 aromatic rings. The monoisotopic (exact) mass is 682 g/mol. The fraction of sp³-hybridized carbons (Fsp3) is 0.829. The Hall–Kier alpha value is -1.12. The van der Waals surface area contributed by atoms with Crippen LogP contribution in [0.3, 0.4) is 0 Å². The van der Waals surface area contributed by atoms with Crippen LogP contribution in [0.5, 0.6) is 5.75 Å². The maximum atomic E-state index is 13.2. The molecule has 0 aromatic heterocycles. The molecule has 4 aliphatic carbocycles. The minimum atomic E-state index is -1.58. The first kappa shape index (κ1) is 37.1. The highest BCUT2D eigenvalue weighted by atomic mass is 28.4. The number of rotatable bonds is 14. The SMILES string of the molecule is CC(C)CCC[C@@H](C)[C@H]1CCC2C3CCC4CC(OC(=O)c5ccc(OCCC[Si](C)(C)O[SiH](C)C)cc5)CC[C@]4(C)C3CC[C@@]21C. The summed E-state index contributed by atoms with van der Waals surface area (Å²) >= 11 is 0. The van der Waals surface area contributed by atoms with Crippen LogP contribution >= 0.6 is 0 Å². The molecule has 4 saturated carbocycles. The molecular weight excluding hydrogens is 613 g/mol. The summed E-state index contributed by atoms with van der Waals surface area (Å²) in [5.74, 6) is 6.65. The van der Waals surface area contributed by atoms with E-state index in [9.17, 15) is 4.79 Å². The quantitative estimate of drug-likeness (QED) is 0.111. The zero-order chi connectivity index (χ0) is 34.0. The second-order valence-electron chi connectivity index (χ2n) is 18.4. The lowest BCUT2D eigenvalue weighted by atomic mass is 9.44. The van der Waals surface area contributed by atoms with Crippen molar-refractivity contribution in [2.45, 2.75) is 156 Å². The van der Waals surface area contributed by atoms with Gasteiger partial charge in [0.15, 0.2) is 17.4 Å². The molecule has 6 heteroatoms. The van der Waals surface area contributed by atoms with Gasteiger partial charge >= 0.3 is 5.97 Å². The average molecular weight is 683 g/mol. The summed E-state index contributed by atoms with van der Waals surface area (Å²) in [7, 11) is -2.57. The molecule has 266 valence electrons. The minimum absolute atomic E-state index is 0.0492. The Morgan fingerprint density at radius 2 is 1.60 bits per heavy atom. The molecule has 5 unspecified atom stereocenters. The van der Waals surface area contributed by atoms with Crippen molar-refractivity contribution < 1.29 is 18.4 Å². The van der Waals surface area contributed by atoms with Gasteiger partial charge < -0.3 is 13.6 Å². The first-order valence-corrected chi connectivity index (χ1v) is 25.7. The molecule has 5 rings (SSSR count). The molecule has 4 fully saturated rings. The van der Waals surface area contributed by atoms with Crippen molar-refractivity contribution >= 4 is 23.3 Å². The predicted octanol–water partition coefficient (Wildman–Crippen LogP) is 11.3. The number of esters is 1. The fourth-order valence-corrected chi connectivity index (χ4v) is 18.2. The molecule has 9 atom stereocenters. The number of hydrogen-bond donors (Lipinski definition) is 0. The van der Waals surface area contributed by atoms with Crippen LogP contribution in [0, 0.1) is 52.3 Å². The van der Waals surface area contributed by atoms with Crippen LogP contribution in [0.2, 0.25) is 32.2 Å². The van der Waals surface area contributed by atoms with Crippen molar-refractivity contribution in [3.8, 4) is 5.75 Å². The maximum absolute atomic E-state index is 13.2. The van der Waals surface area contributed by atoms with Gasteiger partial charge in [0.25, 0.3) is 0 Å². The zero-order valence-electron chi connectivity index (χ0n) is 31.7. The van der Waals surface area contributed by atoms with Crippen molar-refractivity contribution in [3.05, 3.63) is 29.8 Å². The summed E-state index contributed by atoms with van der Waals surface area (Å²) in [5, 5.41) is 0. The highest BCUT2D eigenvalue weighted by Crippen LogP contribution is 2.68. The Bertz CT molecular complexity index is 1170. The molecular formula is C41H70O4Si2. The zero-order valence-corrected chi connectivity index (χ0v) is 33.9. The summed E-state index contributed by atoms with van der Waals surface area (Å²) < 4.78 is 18.5.